The molecule has 0 aliphatic rings. The molecule has 0 aliphatic heterocycles. The van der Waals surface area contributed by atoms with Crippen LogP contribution in [0.5, 0.6) is 0 Å². The molecule has 0 radical (unpaired) electrons. The SMILES string of the molecule is CCC=C(COC(C)=O)C(=O)OCCCC. The Morgan fingerprint density at radius 1 is 1.19 bits per heavy atom. The molecule has 0 fully saturated rings. The Hall–Kier alpha value is -1.32. The molecule has 0 aromatic rings. The summed E-state index contributed by atoms with van der Waals surface area (Å²) >= 11 is 0. The van der Waals surface area contributed by atoms with Gasteiger partial charge in [0.15, 0.2) is 0 Å². The maximum atomic E-state index is 11.5. The smallest absolute Gasteiger partial charge is 0.337 e. The Labute approximate surface area is 96.6 Å². The number of hydrogen-bond donors (Lipinski definition) is 0. The zero-order valence-corrected chi connectivity index (χ0v) is 10.2. The van der Waals surface area contributed by atoms with E-state index in [2.05, 4.69) is 0 Å². The van der Waals surface area contributed by atoms with Crippen LogP contribution in [0, 0.1) is 0 Å². The van der Waals surface area contributed by atoms with E-state index in [9.17, 15) is 9.59 Å². The molecule has 0 atom stereocenters. The normalized spacial score (nSPS) is 11.1. The standard InChI is InChI=1S/C12H20O4/c1-4-6-8-15-12(14)11(7-5-2)9-16-10(3)13/h7H,4-6,8-9H2,1-3H3. The number of esters is 2. The highest BCUT2D eigenvalue weighted by Gasteiger charge is 2.11. The van der Waals surface area contributed by atoms with Crippen molar-refractivity contribution >= 4 is 11.9 Å². The number of carbonyl (C=O) groups is 2. The monoisotopic (exact) mass is 228 g/mol. The van der Waals surface area contributed by atoms with Crippen LogP contribution in [0.2, 0.25) is 0 Å². The molecule has 92 valence electrons. The summed E-state index contributed by atoms with van der Waals surface area (Å²) in [5.74, 6) is -0.792. The van der Waals surface area contributed by atoms with E-state index in [1.54, 1.807) is 6.08 Å². The molecule has 0 aliphatic carbocycles. The number of ether oxygens (including phenoxy) is 2. The molecule has 0 aromatic carbocycles. The number of unbranched alkanes of at least 4 members (excludes halogenated alkanes) is 1. The van der Waals surface area contributed by atoms with Crippen molar-refractivity contribution in [3.8, 4) is 0 Å². The molecule has 4 nitrogen and oxygen atoms in total. The van der Waals surface area contributed by atoms with E-state index in [4.69, 9.17) is 9.47 Å². The Balaban J connectivity index is 4.14. The molecule has 0 aromatic heterocycles. The first-order valence-electron chi connectivity index (χ1n) is 5.61. The van der Waals surface area contributed by atoms with Crippen molar-refractivity contribution in [2.75, 3.05) is 13.2 Å². The van der Waals surface area contributed by atoms with Crippen LogP contribution in [-0.4, -0.2) is 25.2 Å². The Kier molecular flexibility index (Phi) is 8.21. The Bertz CT molecular complexity index is 256. The minimum absolute atomic E-state index is 0.00582. The summed E-state index contributed by atoms with van der Waals surface area (Å²) in [7, 11) is 0. The van der Waals surface area contributed by atoms with Gasteiger partial charge in [-0.3, -0.25) is 4.79 Å². The number of rotatable bonds is 7. The van der Waals surface area contributed by atoms with Gasteiger partial charge in [-0.2, -0.15) is 0 Å². The van der Waals surface area contributed by atoms with E-state index in [1.807, 2.05) is 13.8 Å². The van der Waals surface area contributed by atoms with E-state index >= 15 is 0 Å². The van der Waals surface area contributed by atoms with E-state index in [1.165, 1.54) is 6.92 Å². The average Bonchev–Trinajstić information content (AvgIpc) is 2.24. The second-order valence-electron chi connectivity index (χ2n) is 3.41. The largest absolute Gasteiger partial charge is 0.462 e. The zero-order valence-electron chi connectivity index (χ0n) is 10.2. The Morgan fingerprint density at radius 3 is 2.38 bits per heavy atom. The molecule has 0 spiro atoms. The van der Waals surface area contributed by atoms with Crippen molar-refractivity contribution in [3.63, 3.8) is 0 Å². The fraction of sp³-hybridized carbons (Fsp3) is 0.667. The molecule has 0 rings (SSSR count). The minimum Gasteiger partial charge on any atom is -0.462 e. The highest BCUT2D eigenvalue weighted by Crippen LogP contribution is 2.03. The molecule has 0 amide bonds. The first-order chi connectivity index (χ1) is 7.61. The first-order valence-corrected chi connectivity index (χ1v) is 5.61. The second-order valence-corrected chi connectivity index (χ2v) is 3.41. The van der Waals surface area contributed by atoms with Gasteiger partial charge in [0.25, 0.3) is 0 Å². The molecule has 4 heteroatoms. The second kappa shape index (κ2) is 8.95. The van der Waals surface area contributed by atoms with Gasteiger partial charge in [-0.25, -0.2) is 4.79 Å². The number of hydrogen-bond acceptors (Lipinski definition) is 4. The van der Waals surface area contributed by atoms with E-state index < -0.39 is 11.9 Å². The lowest BCUT2D eigenvalue weighted by Gasteiger charge is -2.07. The van der Waals surface area contributed by atoms with Crippen LogP contribution >= 0.6 is 0 Å². The van der Waals surface area contributed by atoms with E-state index in [-0.39, 0.29) is 6.61 Å². The summed E-state index contributed by atoms with van der Waals surface area (Å²) in [6.07, 6.45) is 4.25. The molecule has 0 unspecified atom stereocenters. The van der Waals surface area contributed by atoms with Crippen LogP contribution in [0.25, 0.3) is 0 Å². The summed E-state index contributed by atoms with van der Waals surface area (Å²) in [4.78, 5) is 22.2. The quantitative estimate of drug-likeness (QED) is 0.381. The molecule has 0 N–H and O–H groups in total. The van der Waals surface area contributed by atoms with Gasteiger partial charge in [0.1, 0.15) is 6.61 Å². The summed E-state index contributed by atoms with van der Waals surface area (Å²) < 4.78 is 9.81. The summed E-state index contributed by atoms with van der Waals surface area (Å²) in [6.45, 7) is 5.65. The third-order valence-electron chi connectivity index (χ3n) is 1.87. The lowest BCUT2D eigenvalue weighted by atomic mass is 10.2. The molecular weight excluding hydrogens is 208 g/mol. The van der Waals surface area contributed by atoms with Crippen molar-refractivity contribution in [1.82, 2.24) is 0 Å². The van der Waals surface area contributed by atoms with Crippen molar-refractivity contribution in [2.45, 2.75) is 40.0 Å². The lowest BCUT2D eigenvalue weighted by Crippen LogP contribution is -2.15. The third-order valence-corrected chi connectivity index (χ3v) is 1.87. The predicted molar refractivity (Wildman–Crippen MR) is 60.9 cm³/mol. The van der Waals surface area contributed by atoms with Crippen LogP contribution in [0.15, 0.2) is 11.6 Å². The fourth-order valence-electron chi connectivity index (χ4n) is 1.03. The van der Waals surface area contributed by atoms with Crippen molar-refractivity contribution < 1.29 is 19.1 Å². The molecular formula is C12H20O4. The maximum Gasteiger partial charge on any atom is 0.337 e. The molecule has 0 saturated heterocycles. The van der Waals surface area contributed by atoms with E-state index in [0.717, 1.165) is 12.8 Å². The van der Waals surface area contributed by atoms with Gasteiger partial charge >= 0.3 is 11.9 Å². The van der Waals surface area contributed by atoms with Gasteiger partial charge in [0, 0.05) is 6.92 Å². The van der Waals surface area contributed by atoms with Crippen LogP contribution in [-0.2, 0) is 19.1 Å². The predicted octanol–water partition coefficient (Wildman–Crippen LogP) is 2.23. The highest BCUT2D eigenvalue weighted by molar-refractivity contribution is 5.89. The summed E-state index contributed by atoms with van der Waals surface area (Å²) in [5.41, 5.74) is 0.411. The van der Waals surface area contributed by atoms with Crippen molar-refractivity contribution in [2.24, 2.45) is 0 Å². The highest BCUT2D eigenvalue weighted by atomic mass is 16.5. The molecule has 0 saturated carbocycles. The fourth-order valence-corrected chi connectivity index (χ4v) is 1.03. The summed E-state index contributed by atoms with van der Waals surface area (Å²) in [6, 6.07) is 0. The third kappa shape index (κ3) is 7.04. The van der Waals surface area contributed by atoms with Gasteiger partial charge in [-0.15, -0.1) is 0 Å². The van der Waals surface area contributed by atoms with Gasteiger partial charge in [-0.05, 0) is 12.8 Å². The van der Waals surface area contributed by atoms with Gasteiger partial charge < -0.3 is 9.47 Å². The van der Waals surface area contributed by atoms with Crippen LogP contribution in [0.1, 0.15) is 40.0 Å². The lowest BCUT2D eigenvalue weighted by molar-refractivity contribution is -0.143. The zero-order chi connectivity index (χ0) is 12.4. The summed E-state index contributed by atoms with van der Waals surface area (Å²) in [5, 5.41) is 0. The van der Waals surface area contributed by atoms with Crippen LogP contribution < -0.4 is 0 Å². The van der Waals surface area contributed by atoms with Crippen molar-refractivity contribution in [3.05, 3.63) is 11.6 Å². The van der Waals surface area contributed by atoms with Gasteiger partial charge in [-0.1, -0.05) is 26.3 Å². The van der Waals surface area contributed by atoms with Gasteiger partial charge in [0.2, 0.25) is 0 Å². The molecule has 0 heterocycles. The van der Waals surface area contributed by atoms with Crippen molar-refractivity contribution in [1.29, 1.82) is 0 Å². The molecule has 16 heavy (non-hydrogen) atoms. The topological polar surface area (TPSA) is 52.6 Å². The Morgan fingerprint density at radius 2 is 1.88 bits per heavy atom. The average molecular weight is 228 g/mol. The van der Waals surface area contributed by atoms with Gasteiger partial charge in [0.05, 0.1) is 12.2 Å². The minimum atomic E-state index is -0.400. The van der Waals surface area contributed by atoms with Crippen LogP contribution in [0.3, 0.4) is 0 Å². The maximum absolute atomic E-state index is 11.5. The number of allylic oxidation sites excluding steroid dienone is 1. The van der Waals surface area contributed by atoms with E-state index in [0.29, 0.717) is 18.6 Å². The van der Waals surface area contributed by atoms with Crippen LogP contribution in [0.4, 0.5) is 0 Å². The first kappa shape index (κ1) is 14.7. The molecule has 0 bridgehead atoms. The number of carbonyl (C=O) groups excluding carboxylic acids is 2.